The van der Waals surface area contributed by atoms with E-state index in [1.807, 2.05) is 0 Å². The van der Waals surface area contributed by atoms with Crippen LogP contribution in [0.5, 0.6) is 0 Å². The van der Waals surface area contributed by atoms with Crippen LogP contribution in [0.25, 0.3) is 0 Å². The molecule has 12 heteroatoms. The van der Waals surface area contributed by atoms with E-state index < -0.39 is 57.0 Å². The second-order valence-electron chi connectivity index (χ2n) is 6.26. The molecule has 2 heterocycles. The summed E-state index contributed by atoms with van der Waals surface area (Å²) in [6.45, 7) is -1.97. The molecular weight excluding hydrogens is 406 g/mol. The van der Waals surface area contributed by atoms with E-state index >= 15 is 0 Å². The van der Waals surface area contributed by atoms with Crippen molar-refractivity contribution in [3.8, 4) is 0 Å². The number of carbonyl (C=O) groups is 1. The fraction of sp³-hybridized carbons (Fsp3) is 0.250. The molecule has 1 aromatic carbocycles. The summed E-state index contributed by atoms with van der Waals surface area (Å²) >= 11 is 0. The highest BCUT2D eigenvalue weighted by Crippen LogP contribution is 2.38. The molecule has 1 fully saturated rings. The number of aliphatic hydroxyl groups is 1. The van der Waals surface area contributed by atoms with Crippen LogP contribution in [0.15, 0.2) is 46.3 Å². The van der Waals surface area contributed by atoms with E-state index in [4.69, 9.17) is 5.73 Å². The number of rotatable bonds is 3. The number of hydrogen-bond acceptors (Lipinski definition) is 6. The number of amides is 1. The van der Waals surface area contributed by atoms with Crippen molar-refractivity contribution in [2.24, 2.45) is 0 Å². The molecule has 0 spiro atoms. The van der Waals surface area contributed by atoms with Gasteiger partial charge in [-0.1, -0.05) is 6.07 Å². The number of benzene rings is 1. The van der Waals surface area contributed by atoms with Gasteiger partial charge >= 0.3 is 6.18 Å². The molecule has 28 heavy (non-hydrogen) atoms. The molecule has 7 nitrogen and oxygen atoms in total. The highest BCUT2D eigenvalue weighted by atomic mass is 32.2. The molecule has 0 aliphatic carbocycles. The summed E-state index contributed by atoms with van der Waals surface area (Å²) in [6, 6.07) is 5.12. The molecule has 0 bridgehead atoms. The van der Waals surface area contributed by atoms with Gasteiger partial charge < -0.3 is 15.7 Å². The number of anilines is 1. The summed E-state index contributed by atoms with van der Waals surface area (Å²) in [7, 11) is -4.17. The number of pyridine rings is 1. The molecule has 0 unspecified atom stereocenters. The number of nitrogens with two attached hydrogens (primary N) is 1. The minimum absolute atomic E-state index is 0.356. The van der Waals surface area contributed by atoms with Crippen molar-refractivity contribution in [2.75, 3.05) is 18.8 Å². The van der Waals surface area contributed by atoms with E-state index in [1.54, 1.807) is 0 Å². The summed E-state index contributed by atoms with van der Waals surface area (Å²) < 4.78 is 76.3. The number of sulfone groups is 1. The maximum Gasteiger partial charge on any atom is 0.420 e. The number of hydrogen-bond donors (Lipinski definition) is 2. The van der Waals surface area contributed by atoms with Crippen LogP contribution in [0.3, 0.4) is 0 Å². The van der Waals surface area contributed by atoms with Crippen molar-refractivity contribution in [1.82, 2.24) is 9.88 Å². The third-order valence-corrected chi connectivity index (χ3v) is 5.95. The van der Waals surface area contributed by atoms with Gasteiger partial charge in [0.2, 0.25) is 9.84 Å². The molecule has 2 aromatic rings. The van der Waals surface area contributed by atoms with E-state index in [1.165, 1.54) is 6.07 Å². The van der Waals surface area contributed by atoms with Gasteiger partial charge in [-0.15, -0.1) is 0 Å². The van der Waals surface area contributed by atoms with Gasteiger partial charge in [-0.3, -0.25) is 4.79 Å². The standard InChI is InChI=1S/C16H13F4N3O4S/c17-9-2-1-3-10(4-9)28(26,27)11-5-12(21)13(22-6-11)14(24)23-7-15(25,8-23)16(18,19)20/h1-6,25H,7-8,21H2. The Hall–Kier alpha value is -2.73. The van der Waals surface area contributed by atoms with Crippen molar-refractivity contribution < 1.29 is 35.9 Å². The third kappa shape index (κ3) is 3.29. The quantitative estimate of drug-likeness (QED) is 0.727. The zero-order valence-corrected chi connectivity index (χ0v) is 14.8. The molecule has 3 N–H and O–H groups in total. The lowest BCUT2D eigenvalue weighted by Crippen LogP contribution is -2.70. The second kappa shape index (κ2) is 6.41. The fourth-order valence-corrected chi connectivity index (χ4v) is 3.89. The van der Waals surface area contributed by atoms with Crippen LogP contribution in [-0.2, 0) is 9.84 Å². The first kappa shape index (κ1) is 20.0. The van der Waals surface area contributed by atoms with Crippen molar-refractivity contribution in [3.63, 3.8) is 0 Å². The van der Waals surface area contributed by atoms with Gasteiger partial charge in [-0.25, -0.2) is 17.8 Å². The van der Waals surface area contributed by atoms with Crippen LogP contribution >= 0.6 is 0 Å². The largest absolute Gasteiger partial charge is 0.420 e. The smallest absolute Gasteiger partial charge is 0.397 e. The molecule has 1 saturated heterocycles. The molecule has 1 aromatic heterocycles. The molecule has 1 amide bonds. The number of nitrogens with zero attached hydrogens (tertiary/aromatic N) is 2. The number of alkyl halides is 3. The van der Waals surface area contributed by atoms with Crippen molar-refractivity contribution in [3.05, 3.63) is 48.0 Å². The van der Waals surface area contributed by atoms with E-state index in [0.717, 1.165) is 30.5 Å². The highest BCUT2D eigenvalue weighted by molar-refractivity contribution is 7.91. The lowest BCUT2D eigenvalue weighted by atomic mass is 9.93. The number of halogens is 4. The molecule has 1 aliphatic rings. The minimum atomic E-state index is -4.90. The summed E-state index contributed by atoms with van der Waals surface area (Å²) in [5.41, 5.74) is 1.82. The Morgan fingerprint density at radius 3 is 2.39 bits per heavy atom. The highest BCUT2D eigenvalue weighted by Gasteiger charge is 2.62. The van der Waals surface area contributed by atoms with Gasteiger partial charge in [0.15, 0.2) is 11.3 Å². The molecule has 150 valence electrons. The number of nitrogen functional groups attached to an aromatic ring is 1. The first-order chi connectivity index (χ1) is 12.8. The van der Waals surface area contributed by atoms with Crippen LogP contribution in [0.2, 0.25) is 0 Å². The lowest BCUT2D eigenvalue weighted by Gasteiger charge is -2.46. The van der Waals surface area contributed by atoms with Crippen LogP contribution < -0.4 is 5.73 Å². The number of aromatic nitrogens is 1. The average molecular weight is 419 g/mol. The molecule has 3 rings (SSSR count). The van der Waals surface area contributed by atoms with Crippen molar-refractivity contribution >= 4 is 21.4 Å². The normalized spacial score (nSPS) is 16.5. The van der Waals surface area contributed by atoms with Crippen LogP contribution in [0, 0.1) is 5.82 Å². The topological polar surface area (TPSA) is 114 Å². The minimum Gasteiger partial charge on any atom is -0.397 e. The predicted molar refractivity (Wildman–Crippen MR) is 87.4 cm³/mol. The Kier molecular flexibility index (Phi) is 4.58. The molecule has 0 atom stereocenters. The Labute approximate surface area is 156 Å². The van der Waals surface area contributed by atoms with E-state index in [2.05, 4.69) is 4.98 Å². The fourth-order valence-electron chi connectivity index (χ4n) is 2.62. The summed E-state index contributed by atoms with van der Waals surface area (Å²) in [4.78, 5) is 15.8. The first-order valence-electron chi connectivity index (χ1n) is 7.70. The number of carbonyl (C=O) groups excluding carboxylic acids is 1. The van der Waals surface area contributed by atoms with Gasteiger partial charge in [-0.2, -0.15) is 13.2 Å². The Morgan fingerprint density at radius 1 is 1.21 bits per heavy atom. The first-order valence-corrected chi connectivity index (χ1v) is 9.18. The van der Waals surface area contributed by atoms with Crippen LogP contribution in [-0.4, -0.2) is 54.2 Å². The van der Waals surface area contributed by atoms with E-state index in [0.29, 0.717) is 4.90 Å². The Morgan fingerprint density at radius 2 is 1.86 bits per heavy atom. The van der Waals surface area contributed by atoms with E-state index in [9.17, 15) is 35.9 Å². The average Bonchev–Trinajstić information content (AvgIpc) is 2.57. The molecular formula is C16H13F4N3O4S. The van der Waals surface area contributed by atoms with Gasteiger partial charge in [-0.05, 0) is 24.3 Å². The number of β-amino-alcohol motifs (C(OH)–C–C–N with tert-alkyl or cyclic N) is 1. The maximum absolute atomic E-state index is 13.3. The van der Waals surface area contributed by atoms with Gasteiger partial charge in [0.1, 0.15) is 5.82 Å². The van der Waals surface area contributed by atoms with Gasteiger partial charge in [0.25, 0.3) is 5.91 Å². The molecule has 0 radical (unpaired) electrons. The van der Waals surface area contributed by atoms with Gasteiger partial charge in [0, 0.05) is 6.20 Å². The molecule has 1 aliphatic heterocycles. The SMILES string of the molecule is Nc1cc(S(=O)(=O)c2cccc(F)c2)cnc1C(=O)N1CC(O)(C(F)(F)F)C1. The van der Waals surface area contributed by atoms with Crippen molar-refractivity contribution in [2.45, 2.75) is 21.6 Å². The van der Waals surface area contributed by atoms with Gasteiger partial charge in [0.05, 0.1) is 28.6 Å². The predicted octanol–water partition coefficient (Wildman–Crippen LogP) is 1.38. The zero-order chi connectivity index (χ0) is 20.9. The summed E-state index contributed by atoms with van der Waals surface area (Å²) in [5, 5.41) is 9.40. The van der Waals surface area contributed by atoms with Crippen LogP contribution in [0.1, 0.15) is 10.5 Å². The van der Waals surface area contributed by atoms with Crippen LogP contribution in [0.4, 0.5) is 23.2 Å². The van der Waals surface area contributed by atoms with Crippen molar-refractivity contribution in [1.29, 1.82) is 0 Å². The second-order valence-corrected chi connectivity index (χ2v) is 8.21. The maximum atomic E-state index is 13.3. The summed E-state index contributed by atoms with van der Waals surface area (Å²) in [6.07, 6.45) is -4.09. The third-order valence-electron chi connectivity index (χ3n) is 4.23. The lowest BCUT2D eigenvalue weighted by molar-refractivity contribution is -0.294. The van der Waals surface area contributed by atoms with E-state index in [-0.39, 0.29) is 10.6 Å². The monoisotopic (exact) mass is 419 g/mol. The zero-order valence-electron chi connectivity index (χ0n) is 13.9. The number of likely N-dealkylation sites (tertiary alicyclic amines) is 1. The summed E-state index contributed by atoms with van der Waals surface area (Å²) in [5.74, 6) is -1.76. The Balaban J connectivity index is 1.85. The molecule has 0 saturated carbocycles. The Bertz CT molecular complexity index is 1050.